The number of aromatic nitrogens is 3. The third kappa shape index (κ3) is 5.62. The summed E-state index contributed by atoms with van der Waals surface area (Å²) in [5.74, 6) is -0.553. The Morgan fingerprint density at radius 2 is 1.45 bits per heavy atom. The highest BCUT2D eigenvalue weighted by molar-refractivity contribution is 7.99. The molecule has 0 radical (unpaired) electrons. The van der Waals surface area contributed by atoms with Gasteiger partial charge >= 0.3 is 0 Å². The number of halogens is 1. The standard InChI is InChI=1S/C26H23FN4OS/c1-16-4-9-19(10-5-16)24-25(20-11-6-17(2)7-12-20)30-31-26(29-24)33-15-23(32)28-21-13-8-18(3)22(27)14-21/h4-14H,15H2,1-3H3,(H,28,32). The predicted molar refractivity (Wildman–Crippen MR) is 131 cm³/mol. The van der Waals surface area contributed by atoms with Gasteiger partial charge in [-0.3, -0.25) is 4.79 Å². The summed E-state index contributed by atoms with van der Waals surface area (Å²) in [6.45, 7) is 5.74. The van der Waals surface area contributed by atoms with Gasteiger partial charge in [0.05, 0.1) is 5.75 Å². The predicted octanol–water partition coefficient (Wildman–Crippen LogP) is 6.00. The summed E-state index contributed by atoms with van der Waals surface area (Å²) in [6.07, 6.45) is 0. The van der Waals surface area contributed by atoms with Crippen molar-refractivity contribution in [1.29, 1.82) is 0 Å². The van der Waals surface area contributed by atoms with Crippen molar-refractivity contribution in [3.63, 3.8) is 0 Å². The van der Waals surface area contributed by atoms with Gasteiger partial charge in [-0.25, -0.2) is 9.37 Å². The number of amides is 1. The molecule has 33 heavy (non-hydrogen) atoms. The van der Waals surface area contributed by atoms with Crippen molar-refractivity contribution in [2.24, 2.45) is 0 Å². The van der Waals surface area contributed by atoms with Crippen molar-refractivity contribution < 1.29 is 9.18 Å². The van der Waals surface area contributed by atoms with E-state index in [1.54, 1.807) is 19.1 Å². The summed E-state index contributed by atoms with van der Waals surface area (Å²) in [6, 6.07) is 20.7. The van der Waals surface area contributed by atoms with Crippen LogP contribution in [0.4, 0.5) is 10.1 Å². The Labute approximate surface area is 196 Å². The number of hydrogen-bond donors (Lipinski definition) is 1. The number of thioether (sulfide) groups is 1. The van der Waals surface area contributed by atoms with Crippen LogP contribution in [0.5, 0.6) is 0 Å². The van der Waals surface area contributed by atoms with Crippen LogP contribution >= 0.6 is 11.8 Å². The van der Waals surface area contributed by atoms with Crippen LogP contribution in [0.2, 0.25) is 0 Å². The second-order valence-electron chi connectivity index (χ2n) is 7.82. The minimum absolute atomic E-state index is 0.0778. The molecule has 1 N–H and O–H groups in total. The maximum absolute atomic E-state index is 13.7. The van der Waals surface area contributed by atoms with Crippen LogP contribution in [-0.4, -0.2) is 26.8 Å². The average molecular weight is 459 g/mol. The first-order chi connectivity index (χ1) is 15.9. The molecule has 0 atom stereocenters. The van der Waals surface area contributed by atoms with Crippen molar-refractivity contribution in [3.05, 3.63) is 89.2 Å². The van der Waals surface area contributed by atoms with E-state index >= 15 is 0 Å². The average Bonchev–Trinajstić information content (AvgIpc) is 2.81. The summed E-state index contributed by atoms with van der Waals surface area (Å²) < 4.78 is 13.7. The molecule has 1 heterocycles. The van der Waals surface area contributed by atoms with Crippen LogP contribution in [-0.2, 0) is 4.79 Å². The monoisotopic (exact) mass is 458 g/mol. The van der Waals surface area contributed by atoms with Gasteiger partial charge in [0.15, 0.2) is 0 Å². The maximum Gasteiger partial charge on any atom is 0.234 e. The molecule has 7 heteroatoms. The third-order valence-electron chi connectivity index (χ3n) is 5.11. The zero-order chi connectivity index (χ0) is 23.4. The van der Waals surface area contributed by atoms with Gasteiger partial charge in [0, 0.05) is 16.8 Å². The topological polar surface area (TPSA) is 67.8 Å². The highest BCUT2D eigenvalue weighted by Gasteiger charge is 2.15. The number of rotatable bonds is 6. The van der Waals surface area contributed by atoms with E-state index in [2.05, 4.69) is 15.5 Å². The van der Waals surface area contributed by atoms with Crippen LogP contribution in [0.3, 0.4) is 0 Å². The van der Waals surface area contributed by atoms with E-state index in [-0.39, 0.29) is 17.5 Å². The smallest absolute Gasteiger partial charge is 0.234 e. The Bertz CT molecular complexity index is 1290. The van der Waals surface area contributed by atoms with Crippen molar-refractivity contribution in [2.75, 3.05) is 11.1 Å². The van der Waals surface area contributed by atoms with Crippen LogP contribution in [0.15, 0.2) is 71.9 Å². The summed E-state index contributed by atoms with van der Waals surface area (Å²) in [4.78, 5) is 17.1. The molecule has 3 aromatic carbocycles. The van der Waals surface area contributed by atoms with Crippen LogP contribution in [0.1, 0.15) is 16.7 Å². The number of nitrogens with zero attached hydrogens (tertiary/aromatic N) is 3. The first-order valence-corrected chi connectivity index (χ1v) is 11.5. The lowest BCUT2D eigenvalue weighted by molar-refractivity contribution is -0.113. The molecule has 166 valence electrons. The van der Waals surface area contributed by atoms with E-state index in [0.717, 1.165) is 22.3 Å². The fourth-order valence-electron chi connectivity index (χ4n) is 3.19. The minimum atomic E-state index is -0.359. The molecule has 0 fully saturated rings. The molecule has 0 unspecified atom stereocenters. The van der Waals surface area contributed by atoms with Crippen molar-refractivity contribution in [3.8, 4) is 22.5 Å². The molecule has 4 rings (SSSR count). The summed E-state index contributed by atoms with van der Waals surface area (Å²) in [7, 11) is 0. The molecule has 0 saturated heterocycles. The number of nitrogens with one attached hydrogen (secondary N) is 1. The summed E-state index contributed by atoms with van der Waals surface area (Å²) in [5.41, 5.74) is 6.48. The van der Waals surface area contributed by atoms with E-state index in [9.17, 15) is 9.18 Å². The Kier molecular flexibility index (Phi) is 6.79. The van der Waals surface area contributed by atoms with Gasteiger partial charge in [-0.15, -0.1) is 10.2 Å². The van der Waals surface area contributed by atoms with Gasteiger partial charge in [-0.05, 0) is 38.5 Å². The lowest BCUT2D eigenvalue weighted by atomic mass is 10.0. The largest absolute Gasteiger partial charge is 0.325 e. The van der Waals surface area contributed by atoms with Gasteiger partial charge < -0.3 is 5.32 Å². The SMILES string of the molecule is Cc1ccc(-c2nnc(SCC(=O)Nc3ccc(C)c(F)c3)nc2-c2ccc(C)cc2)cc1. The van der Waals surface area contributed by atoms with Crippen molar-refractivity contribution in [1.82, 2.24) is 15.2 Å². The molecule has 0 aliphatic heterocycles. The van der Waals surface area contributed by atoms with Gasteiger partial charge in [-0.2, -0.15) is 0 Å². The number of aryl methyl sites for hydroxylation is 3. The molecule has 4 aromatic rings. The van der Waals surface area contributed by atoms with Crippen LogP contribution < -0.4 is 5.32 Å². The zero-order valence-electron chi connectivity index (χ0n) is 18.6. The quantitative estimate of drug-likeness (QED) is 0.359. The van der Waals surface area contributed by atoms with E-state index in [1.165, 1.54) is 17.8 Å². The van der Waals surface area contributed by atoms with Gasteiger partial charge in [0.1, 0.15) is 17.2 Å². The Balaban J connectivity index is 1.56. The number of hydrogen-bond acceptors (Lipinski definition) is 5. The first-order valence-electron chi connectivity index (χ1n) is 10.5. The first kappa shape index (κ1) is 22.6. The summed E-state index contributed by atoms with van der Waals surface area (Å²) in [5, 5.41) is 11.8. The third-order valence-corrected chi connectivity index (χ3v) is 5.94. The second kappa shape index (κ2) is 9.92. The molecule has 1 aromatic heterocycles. The fourth-order valence-corrected chi connectivity index (χ4v) is 3.78. The van der Waals surface area contributed by atoms with Crippen molar-refractivity contribution >= 4 is 23.4 Å². The van der Waals surface area contributed by atoms with E-state index in [4.69, 9.17) is 4.98 Å². The van der Waals surface area contributed by atoms with E-state index in [1.807, 2.05) is 62.4 Å². The molecule has 0 bridgehead atoms. The Morgan fingerprint density at radius 1 is 0.848 bits per heavy atom. The van der Waals surface area contributed by atoms with E-state index < -0.39 is 0 Å². The van der Waals surface area contributed by atoms with E-state index in [0.29, 0.717) is 27.8 Å². The van der Waals surface area contributed by atoms with Gasteiger partial charge in [0.25, 0.3) is 0 Å². The maximum atomic E-state index is 13.7. The van der Waals surface area contributed by atoms with Crippen LogP contribution in [0.25, 0.3) is 22.5 Å². The molecule has 0 aliphatic carbocycles. The molecule has 0 saturated carbocycles. The highest BCUT2D eigenvalue weighted by atomic mass is 32.2. The number of anilines is 1. The molecule has 0 spiro atoms. The Morgan fingerprint density at radius 3 is 2.06 bits per heavy atom. The molecular formula is C26H23FN4OS. The number of carbonyl (C=O) groups excluding carboxylic acids is 1. The molecule has 5 nitrogen and oxygen atoms in total. The second-order valence-corrected chi connectivity index (χ2v) is 8.77. The molecule has 0 aliphatic rings. The fraction of sp³-hybridized carbons (Fsp3) is 0.154. The van der Waals surface area contributed by atoms with Gasteiger partial charge in [-0.1, -0.05) is 77.5 Å². The number of benzene rings is 3. The lowest BCUT2D eigenvalue weighted by Crippen LogP contribution is -2.14. The van der Waals surface area contributed by atoms with Gasteiger partial charge in [0.2, 0.25) is 11.1 Å². The van der Waals surface area contributed by atoms with Crippen LogP contribution in [0, 0.1) is 26.6 Å². The number of carbonyl (C=O) groups is 1. The molecular weight excluding hydrogens is 435 g/mol. The Hall–Kier alpha value is -3.58. The highest BCUT2D eigenvalue weighted by Crippen LogP contribution is 2.30. The zero-order valence-corrected chi connectivity index (χ0v) is 19.4. The minimum Gasteiger partial charge on any atom is -0.325 e. The lowest BCUT2D eigenvalue weighted by Gasteiger charge is -2.10. The van der Waals surface area contributed by atoms with Crippen molar-refractivity contribution in [2.45, 2.75) is 25.9 Å². The normalized spacial score (nSPS) is 10.8. The summed E-state index contributed by atoms with van der Waals surface area (Å²) >= 11 is 1.18. The molecule has 1 amide bonds.